The van der Waals surface area contributed by atoms with E-state index in [-0.39, 0.29) is 16.6 Å². The summed E-state index contributed by atoms with van der Waals surface area (Å²) >= 11 is 0. The molecule has 2 aromatic carbocycles. The number of sulfonamides is 1. The SMILES string of the molecule is CCCCOc1ccccc1/C=C/C(=O)Nc1ccc(S(=O)(=O)Nc2cc(C)on2)cc1. The van der Waals surface area contributed by atoms with Gasteiger partial charge in [-0.3, -0.25) is 9.52 Å². The van der Waals surface area contributed by atoms with Crippen LogP contribution in [0.15, 0.2) is 70.1 Å². The van der Waals surface area contributed by atoms with Crippen LogP contribution in [0, 0.1) is 6.92 Å². The van der Waals surface area contributed by atoms with Gasteiger partial charge < -0.3 is 14.6 Å². The number of carbonyl (C=O) groups is 1. The second-order valence-corrected chi connectivity index (χ2v) is 8.70. The highest BCUT2D eigenvalue weighted by molar-refractivity contribution is 7.92. The molecule has 0 fully saturated rings. The molecule has 9 heteroatoms. The highest BCUT2D eigenvalue weighted by Gasteiger charge is 2.16. The van der Waals surface area contributed by atoms with Crippen LogP contribution in [-0.4, -0.2) is 26.1 Å². The van der Waals surface area contributed by atoms with Gasteiger partial charge in [0, 0.05) is 23.4 Å². The Bertz CT molecular complexity index is 1180. The fraction of sp³-hybridized carbons (Fsp3) is 0.217. The molecule has 0 unspecified atom stereocenters. The number of ether oxygens (including phenoxy) is 1. The zero-order chi connectivity index (χ0) is 23.0. The van der Waals surface area contributed by atoms with Crippen LogP contribution < -0.4 is 14.8 Å². The van der Waals surface area contributed by atoms with Gasteiger partial charge in [-0.15, -0.1) is 0 Å². The number of amides is 1. The van der Waals surface area contributed by atoms with Gasteiger partial charge in [0.15, 0.2) is 5.82 Å². The molecule has 0 aliphatic carbocycles. The molecule has 0 aliphatic heterocycles. The highest BCUT2D eigenvalue weighted by Crippen LogP contribution is 2.21. The van der Waals surface area contributed by atoms with Crippen LogP contribution in [0.1, 0.15) is 31.1 Å². The third-order valence-electron chi connectivity index (χ3n) is 4.39. The molecule has 1 aromatic heterocycles. The summed E-state index contributed by atoms with van der Waals surface area (Å²) in [6.45, 7) is 4.37. The van der Waals surface area contributed by atoms with Crippen molar-refractivity contribution in [2.24, 2.45) is 0 Å². The molecule has 3 rings (SSSR count). The fourth-order valence-corrected chi connectivity index (χ4v) is 3.74. The lowest BCUT2D eigenvalue weighted by molar-refractivity contribution is -0.111. The Balaban J connectivity index is 1.61. The summed E-state index contributed by atoms with van der Waals surface area (Å²) in [6, 6.07) is 14.8. The molecular formula is C23H25N3O5S. The molecule has 0 radical (unpaired) electrons. The third-order valence-corrected chi connectivity index (χ3v) is 5.76. The molecule has 0 atom stereocenters. The average Bonchev–Trinajstić information content (AvgIpc) is 3.17. The number of benzene rings is 2. The fourth-order valence-electron chi connectivity index (χ4n) is 2.75. The maximum atomic E-state index is 12.4. The van der Waals surface area contributed by atoms with Crippen molar-refractivity contribution >= 4 is 33.5 Å². The zero-order valence-electron chi connectivity index (χ0n) is 17.9. The Morgan fingerprint density at radius 2 is 1.91 bits per heavy atom. The lowest BCUT2D eigenvalue weighted by Crippen LogP contribution is -2.13. The molecule has 1 amide bonds. The molecule has 1 heterocycles. The average molecular weight is 456 g/mol. The Labute approximate surface area is 187 Å². The number of para-hydroxylation sites is 1. The summed E-state index contributed by atoms with van der Waals surface area (Å²) in [4.78, 5) is 12.3. The van der Waals surface area contributed by atoms with Crippen LogP contribution >= 0.6 is 0 Å². The molecule has 2 N–H and O–H groups in total. The first kappa shape index (κ1) is 23.1. The smallest absolute Gasteiger partial charge is 0.263 e. The van der Waals surface area contributed by atoms with E-state index < -0.39 is 10.0 Å². The minimum Gasteiger partial charge on any atom is -0.493 e. The number of anilines is 2. The molecule has 0 aliphatic rings. The number of rotatable bonds is 10. The maximum absolute atomic E-state index is 12.4. The molecule has 0 saturated carbocycles. The summed E-state index contributed by atoms with van der Waals surface area (Å²) in [7, 11) is -3.82. The molecule has 32 heavy (non-hydrogen) atoms. The number of carbonyl (C=O) groups excluding carboxylic acids is 1. The van der Waals surface area contributed by atoms with E-state index in [4.69, 9.17) is 9.26 Å². The predicted molar refractivity (Wildman–Crippen MR) is 123 cm³/mol. The van der Waals surface area contributed by atoms with E-state index in [9.17, 15) is 13.2 Å². The van der Waals surface area contributed by atoms with Gasteiger partial charge in [-0.05, 0) is 49.8 Å². The maximum Gasteiger partial charge on any atom is 0.263 e. The summed E-state index contributed by atoms with van der Waals surface area (Å²) in [6.07, 6.45) is 5.08. The molecule has 0 bridgehead atoms. The van der Waals surface area contributed by atoms with Gasteiger partial charge in [0.05, 0.1) is 11.5 Å². The Morgan fingerprint density at radius 3 is 2.59 bits per heavy atom. The second kappa shape index (κ2) is 10.6. The predicted octanol–water partition coefficient (Wildman–Crippen LogP) is 4.61. The summed E-state index contributed by atoms with van der Waals surface area (Å²) < 4.78 is 37.8. The first-order valence-corrected chi connectivity index (χ1v) is 11.6. The minimum atomic E-state index is -3.82. The van der Waals surface area contributed by atoms with E-state index in [1.54, 1.807) is 13.0 Å². The Kier molecular flexibility index (Phi) is 7.67. The Hall–Kier alpha value is -3.59. The van der Waals surface area contributed by atoms with Crippen molar-refractivity contribution in [3.8, 4) is 5.75 Å². The van der Waals surface area contributed by atoms with Crippen LogP contribution in [0.25, 0.3) is 6.08 Å². The lowest BCUT2D eigenvalue weighted by atomic mass is 10.2. The Morgan fingerprint density at radius 1 is 1.16 bits per heavy atom. The van der Waals surface area contributed by atoms with Crippen LogP contribution in [0.3, 0.4) is 0 Å². The van der Waals surface area contributed by atoms with E-state index in [2.05, 4.69) is 22.1 Å². The van der Waals surface area contributed by atoms with E-state index in [0.717, 1.165) is 24.2 Å². The number of aryl methyl sites for hydroxylation is 1. The quantitative estimate of drug-likeness (QED) is 0.341. The normalized spacial score (nSPS) is 11.4. The van der Waals surface area contributed by atoms with Crippen molar-refractivity contribution < 1.29 is 22.5 Å². The van der Waals surface area contributed by atoms with Gasteiger partial charge in [-0.2, -0.15) is 0 Å². The summed E-state index contributed by atoms with van der Waals surface area (Å²) in [5, 5.41) is 6.32. The standard InChI is InChI=1S/C23H25N3O5S/c1-3-4-15-30-21-8-6-5-7-18(21)9-14-23(27)24-19-10-12-20(13-11-19)32(28,29)26-22-16-17(2)31-25-22/h5-14,16H,3-4,15H2,1-2H3,(H,24,27)(H,25,26)/b14-9+. The van der Waals surface area contributed by atoms with Crippen molar-refractivity contribution in [2.75, 3.05) is 16.6 Å². The van der Waals surface area contributed by atoms with Crippen LogP contribution in [-0.2, 0) is 14.8 Å². The van der Waals surface area contributed by atoms with Crippen LogP contribution in [0.5, 0.6) is 5.75 Å². The lowest BCUT2D eigenvalue weighted by Gasteiger charge is -2.08. The van der Waals surface area contributed by atoms with Gasteiger partial charge in [0.2, 0.25) is 5.91 Å². The zero-order valence-corrected chi connectivity index (χ0v) is 18.7. The van der Waals surface area contributed by atoms with Crippen molar-refractivity contribution in [1.82, 2.24) is 5.16 Å². The second-order valence-electron chi connectivity index (χ2n) is 7.02. The van der Waals surface area contributed by atoms with Crippen LogP contribution in [0.2, 0.25) is 0 Å². The van der Waals surface area contributed by atoms with E-state index in [1.165, 1.54) is 36.4 Å². The van der Waals surface area contributed by atoms with Gasteiger partial charge in [0.1, 0.15) is 11.5 Å². The number of nitrogens with one attached hydrogen (secondary N) is 2. The minimum absolute atomic E-state index is 0.0323. The number of hydrogen-bond donors (Lipinski definition) is 2. The van der Waals surface area contributed by atoms with Crippen molar-refractivity contribution in [3.05, 3.63) is 72.0 Å². The van der Waals surface area contributed by atoms with Crippen molar-refractivity contribution in [3.63, 3.8) is 0 Å². The van der Waals surface area contributed by atoms with Crippen LogP contribution in [0.4, 0.5) is 11.5 Å². The number of hydrogen-bond acceptors (Lipinski definition) is 6. The van der Waals surface area contributed by atoms with Gasteiger partial charge >= 0.3 is 0 Å². The topological polar surface area (TPSA) is 111 Å². The van der Waals surface area contributed by atoms with Gasteiger partial charge in [-0.25, -0.2) is 8.42 Å². The highest BCUT2D eigenvalue weighted by atomic mass is 32.2. The van der Waals surface area contributed by atoms with Gasteiger partial charge in [0.25, 0.3) is 10.0 Å². The molecule has 0 saturated heterocycles. The molecule has 0 spiro atoms. The number of aromatic nitrogens is 1. The largest absolute Gasteiger partial charge is 0.493 e. The van der Waals surface area contributed by atoms with E-state index >= 15 is 0 Å². The monoisotopic (exact) mass is 455 g/mol. The molecule has 8 nitrogen and oxygen atoms in total. The van der Waals surface area contributed by atoms with Crippen molar-refractivity contribution in [1.29, 1.82) is 0 Å². The molecule has 168 valence electrons. The van der Waals surface area contributed by atoms with Gasteiger partial charge in [-0.1, -0.05) is 36.7 Å². The number of unbranched alkanes of at least 4 members (excludes halogenated alkanes) is 1. The van der Waals surface area contributed by atoms with Crippen molar-refractivity contribution in [2.45, 2.75) is 31.6 Å². The summed E-state index contributed by atoms with van der Waals surface area (Å²) in [5.74, 6) is 0.961. The third kappa shape index (κ3) is 6.45. The van der Waals surface area contributed by atoms with E-state index in [1.807, 2.05) is 24.3 Å². The first-order chi connectivity index (χ1) is 15.4. The molecular weight excluding hydrogens is 430 g/mol. The van der Waals surface area contributed by atoms with E-state index in [0.29, 0.717) is 18.1 Å². The summed E-state index contributed by atoms with van der Waals surface area (Å²) in [5.41, 5.74) is 1.26. The first-order valence-electron chi connectivity index (χ1n) is 10.1. The molecule has 3 aromatic rings. The number of nitrogens with zero attached hydrogens (tertiary/aromatic N) is 1.